The van der Waals surface area contributed by atoms with E-state index in [0.29, 0.717) is 20.1 Å². The lowest BCUT2D eigenvalue weighted by molar-refractivity contribution is 0.215. The summed E-state index contributed by atoms with van der Waals surface area (Å²) in [4.78, 5) is 0. The van der Waals surface area contributed by atoms with Crippen molar-refractivity contribution < 1.29 is 9.50 Å². The first-order chi connectivity index (χ1) is 8.49. The summed E-state index contributed by atoms with van der Waals surface area (Å²) in [6.07, 6.45) is -1.11. The normalized spacial score (nSPS) is 12.5. The average molecular weight is 350 g/mol. The van der Waals surface area contributed by atoms with Crippen LogP contribution in [0.4, 0.5) is 4.39 Å². The summed E-state index contributed by atoms with van der Waals surface area (Å²) < 4.78 is 14.2. The summed E-state index contributed by atoms with van der Waals surface area (Å²) in [5.41, 5.74) is 0.618. The highest BCUT2D eigenvalue weighted by molar-refractivity contribution is 9.10. The van der Waals surface area contributed by atoms with Crippen LogP contribution in [0.15, 0.2) is 40.9 Å². The molecule has 0 amide bonds. The first-order valence-electron chi connectivity index (χ1n) is 5.07. The monoisotopic (exact) mass is 348 g/mol. The zero-order valence-electron chi connectivity index (χ0n) is 9.00. The second kappa shape index (κ2) is 5.57. The molecule has 1 unspecified atom stereocenters. The van der Waals surface area contributed by atoms with Gasteiger partial charge in [0.05, 0.1) is 4.47 Å². The van der Waals surface area contributed by atoms with Crippen molar-refractivity contribution in [2.24, 2.45) is 0 Å². The summed E-state index contributed by atoms with van der Waals surface area (Å²) in [6.45, 7) is 0. The lowest BCUT2D eigenvalue weighted by atomic mass is 10.0. The Bertz CT molecular complexity index is 569. The van der Waals surface area contributed by atoms with Crippen molar-refractivity contribution in [2.75, 3.05) is 0 Å². The van der Waals surface area contributed by atoms with E-state index in [1.807, 2.05) is 0 Å². The minimum atomic E-state index is -1.11. The van der Waals surface area contributed by atoms with Gasteiger partial charge in [-0.2, -0.15) is 0 Å². The number of hydrogen-bond acceptors (Lipinski definition) is 1. The molecule has 2 aromatic rings. The Morgan fingerprint density at radius 2 is 1.72 bits per heavy atom. The zero-order chi connectivity index (χ0) is 13.3. The molecule has 0 fully saturated rings. The Morgan fingerprint density at radius 3 is 2.33 bits per heavy atom. The van der Waals surface area contributed by atoms with E-state index in [1.165, 1.54) is 6.07 Å². The lowest BCUT2D eigenvalue weighted by Gasteiger charge is -2.14. The van der Waals surface area contributed by atoms with Gasteiger partial charge in [-0.3, -0.25) is 0 Å². The van der Waals surface area contributed by atoms with E-state index in [4.69, 9.17) is 23.2 Å². The first kappa shape index (κ1) is 13.8. The molecule has 0 saturated carbocycles. The molecule has 18 heavy (non-hydrogen) atoms. The van der Waals surface area contributed by atoms with Crippen LogP contribution < -0.4 is 0 Å². The summed E-state index contributed by atoms with van der Waals surface area (Å²) in [5.74, 6) is -0.499. The zero-order valence-corrected chi connectivity index (χ0v) is 12.1. The molecule has 5 heteroatoms. The van der Waals surface area contributed by atoms with Crippen LogP contribution in [-0.2, 0) is 0 Å². The lowest BCUT2D eigenvalue weighted by Crippen LogP contribution is -2.03. The fourth-order valence-electron chi connectivity index (χ4n) is 1.64. The summed E-state index contributed by atoms with van der Waals surface area (Å²) in [6, 6.07) is 9.39. The van der Waals surface area contributed by atoms with E-state index in [1.54, 1.807) is 30.3 Å². The SMILES string of the molecule is OC(c1cc(Cl)cc(Cl)c1)c1cccc(Br)c1F. The van der Waals surface area contributed by atoms with Crippen molar-refractivity contribution in [3.05, 3.63) is 67.9 Å². The molecule has 0 aliphatic rings. The van der Waals surface area contributed by atoms with Crippen LogP contribution in [0.25, 0.3) is 0 Å². The molecular weight excluding hydrogens is 342 g/mol. The van der Waals surface area contributed by atoms with Gasteiger partial charge >= 0.3 is 0 Å². The number of aliphatic hydroxyl groups is 1. The molecular formula is C13H8BrCl2FO. The Hall–Kier alpha value is -0.610. The highest BCUT2D eigenvalue weighted by Gasteiger charge is 2.17. The third-order valence-corrected chi connectivity index (χ3v) is 3.53. The van der Waals surface area contributed by atoms with Gasteiger partial charge in [0, 0.05) is 15.6 Å². The standard InChI is InChI=1S/C13H8BrCl2FO/c14-11-3-1-2-10(12(11)17)13(18)7-4-8(15)6-9(16)5-7/h1-6,13,18H. The molecule has 0 saturated heterocycles. The van der Waals surface area contributed by atoms with Crippen molar-refractivity contribution in [3.63, 3.8) is 0 Å². The topological polar surface area (TPSA) is 20.2 Å². The van der Waals surface area contributed by atoms with E-state index in [9.17, 15) is 9.50 Å². The maximum Gasteiger partial charge on any atom is 0.143 e. The minimum absolute atomic E-state index is 0.169. The smallest absolute Gasteiger partial charge is 0.143 e. The van der Waals surface area contributed by atoms with E-state index in [0.717, 1.165) is 0 Å². The van der Waals surface area contributed by atoms with Gasteiger partial charge in [-0.25, -0.2) is 4.39 Å². The van der Waals surface area contributed by atoms with Crippen LogP contribution in [0.5, 0.6) is 0 Å². The van der Waals surface area contributed by atoms with Gasteiger partial charge in [0.15, 0.2) is 0 Å². The molecule has 94 valence electrons. The number of aliphatic hydroxyl groups excluding tert-OH is 1. The molecule has 0 aliphatic carbocycles. The van der Waals surface area contributed by atoms with E-state index >= 15 is 0 Å². The molecule has 1 atom stereocenters. The average Bonchev–Trinajstić information content (AvgIpc) is 2.30. The van der Waals surface area contributed by atoms with E-state index in [-0.39, 0.29) is 5.56 Å². The van der Waals surface area contributed by atoms with Crippen LogP contribution in [0, 0.1) is 5.82 Å². The predicted molar refractivity (Wildman–Crippen MR) is 74.6 cm³/mol. The highest BCUT2D eigenvalue weighted by Crippen LogP contribution is 2.31. The molecule has 0 aromatic heterocycles. The summed E-state index contributed by atoms with van der Waals surface area (Å²) in [5, 5.41) is 11.0. The molecule has 2 aromatic carbocycles. The van der Waals surface area contributed by atoms with Gasteiger partial charge in [0.25, 0.3) is 0 Å². The molecule has 0 bridgehead atoms. The van der Waals surface area contributed by atoms with Crippen molar-refractivity contribution in [1.82, 2.24) is 0 Å². The van der Waals surface area contributed by atoms with Crippen LogP contribution in [0.3, 0.4) is 0 Å². The van der Waals surface area contributed by atoms with Crippen LogP contribution >= 0.6 is 39.1 Å². The number of benzene rings is 2. The van der Waals surface area contributed by atoms with Gasteiger partial charge in [0.2, 0.25) is 0 Å². The van der Waals surface area contributed by atoms with Crippen LogP contribution in [-0.4, -0.2) is 5.11 Å². The Balaban J connectivity index is 2.47. The second-order valence-corrected chi connectivity index (χ2v) is 5.48. The largest absolute Gasteiger partial charge is 0.384 e. The second-order valence-electron chi connectivity index (χ2n) is 3.75. The summed E-state index contributed by atoms with van der Waals surface area (Å²) >= 11 is 14.8. The van der Waals surface area contributed by atoms with Gasteiger partial charge in [-0.05, 0) is 45.8 Å². The fraction of sp³-hybridized carbons (Fsp3) is 0.0769. The molecule has 0 radical (unpaired) electrons. The Morgan fingerprint density at radius 1 is 1.11 bits per heavy atom. The quantitative estimate of drug-likeness (QED) is 0.810. The fourth-order valence-corrected chi connectivity index (χ4v) is 2.57. The van der Waals surface area contributed by atoms with E-state index < -0.39 is 11.9 Å². The van der Waals surface area contributed by atoms with Crippen molar-refractivity contribution in [3.8, 4) is 0 Å². The van der Waals surface area contributed by atoms with Crippen molar-refractivity contribution in [2.45, 2.75) is 6.10 Å². The molecule has 1 N–H and O–H groups in total. The molecule has 0 heterocycles. The maximum atomic E-state index is 13.9. The van der Waals surface area contributed by atoms with Crippen molar-refractivity contribution in [1.29, 1.82) is 0 Å². The van der Waals surface area contributed by atoms with E-state index in [2.05, 4.69) is 15.9 Å². The number of rotatable bonds is 2. The Kier molecular flexibility index (Phi) is 4.28. The predicted octanol–water partition coefficient (Wildman–Crippen LogP) is 4.98. The maximum absolute atomic E-state index is 13.9. The van der Waals surface area contributed by atoms with Crippen LogP contribution in [0.2, 0.25) is 10.0 Å². The van der Waals surface area contributed by atoms with Gasteiger partial charge in [-0.1, -0.05) is 35.3 Å². The van der Waals surface area contributed by atoms with Gasteiger partial charge in [0.1, 0.15) is 11.9 Å². The molecule has 0 aliphatic heterocycles. The van der Waals surface area contributed by atoms with Crippen molar-refractivity contribution >= 4 is 39.1 Å². The minimum Gasteiger partial charge on any atom is -0.384 e. The number of halogens is 4. The van der Waals surface area contributed by atoms with Crippen LogP contribution in [0.1, 0.15) is 17.2 Å². The first-order valence-corrected chi connectivity index (χ1v) is 6.62. The Labute approximate surface area is 122 Å². The molecule has 0 spiro atoms. The van der Waals surface area contributed by atoms with Gasteiger partial charge in [-0.15, -0.1) is 0 Å². The summed E-state index contributed by atoms with van der Waals surface area (Å²) in [7, 11) is 0. The highest BCUT2D eigenvalue weighted by atomic mass is 79.9. The molecule has 1 nitrogen and oxygen atoms in total. The molecule has 2 rings (SSSR count). The third kappa shape index (κ3) is 2.86. The third-order valence-electron chi connectivity index (χ3n) is 2.48. The van der Waals surface area contributed by atoms with Gasteiger partial charge < -0.3 is 5.11 Å². The number of hydrogen-bond donors (Lipinski definition) is 1.